The molecule has 0 heterocycles. The molecule has 0 radical (unpaired) electrons. The van der Waals surface area contributed by atoms with E-state index in [9.17, 15) is 0 Å². The third kappa shape index (κ3) is 3.85. The van der Waals surface area contributed by atoms with Crippen LogP contribution in [0.5, 0.6) is 0 Å². The average Bonchev–Trinajstić information content (AvgIpc) is 2.52. The van der Waals surface area contributed by atoms with Gasteiger partial charge in [-0.25, -0.2) is 0 Å². The fraction of sp³-hybridized carbons (Fsp3) is 0.368. The Morgan fingerprint density at radius 1 is 0.905 bits per heavy atom. The van der Waals surface area contributed by atoms with Crippen molar-refractivity contribution in [1.82, 2.24) is 0 Å². The van der Waals surface area contributed by atoms with Crippen molar-refractivity contribution in [3.05, 3.63) is 64.7 Å². The van der Waals surface area contributed by atoms with Crippen molar-refractivity contribution in [3.63, 3.8) is 0 Å². The number of hydrogen-bond acceptors (Lipinski definition) is 2. The summed E-state index contributed by atoms with van der Waals surface area (Å²) in [6, 6.07) is 15.4. The molecule has 0 aromatic heterocycles. The predicted octanol–water partition coefficient (Wildman–Crippen LogP) is 3.89. The Morgan fingerprint density at radius 3 is 2.14 bits per heavy atom. The van der Waals surface area contributed by atoms with Crippen molar-refractivity contribution in [2.45, 2.75) is 33.7 Å². The van der Waals surface area contributed by atoms with Crippen LogP contribution < -0.4 is 10.6 Å². The number of rotatable bonds is 6. The molecule has 2 aromatic rings. The number of nitrogens with two attached hydrogens (primary N) is 1. The Kier molecular flexibility index (Phi) is 5.40. The van der Waals surface area contributed by atoms with E-state index in [0.717, 1.165) is 19.5 Å². The highest BCUT2D eigenvalue weighted by Gasteiger charge is 2.07. The summed E-state index contributed by atoms with van der Waals surface area (Å²) < 4.78 is 0. The van der Waals surface area contributed by atoms with Gasteiger partial charge < -0.3 is 10.6 Å². The lowest BCUT2D eigenvalue weighted by Gasteiger charge is -2.22. The molecule has 21 heavy (non-hydrogen) atoms. The van der Waals surface area contributed by atoms with Crippen molar-refractivity contribution in [3.8, 4) is 0 Å². The van der Waals surface area contributed by atoms with Crippen LogP contribution in [0.1, 0.15) is 36.1 Å². The number of benzene rings is 2. The van der Waals surface area contributed by atoms with Gasteiger partial charge in [-0.1, -0.05) is 35.9 Å². The zero-order valence-electron chi connectivity index (χ0n) is 13.4. The van der Waals surface area contributed by atoms with Gasteiger partial charge in [-0.15, -0.1) is 0 Å². The van der Waals surface area contributed by atoms with E-state index in [2.05, 4.69) is 68.1 Å². The zero-order valence-corrected chi connectivity index (χ0v) is 13.4. The molecule has 2 rings (SSSR count). The van der Waals surface area contributed by atoms with Gasteiger partial charge in [0.1, 0.15) is 0 Å². The molecule has 0 aliphatic carbocycles. The van der Waals surface area contributed by atoms with E-state index in [-0.39, 0.29) is 0 Å². The second-order valence-electron chi connectivity index (χ2n) is 5.49. The fourth-order valence-electron chi connectivity index (χ4n) is 2.69. The van der Waals surface area contributed by atoms with Crippen LogP contribution in [0.25, 0.3) is 0 Å². The van der Waals surface area contributed by atoms with Gasteiger partial charge in [-0.3, -0.25) is 0 Å². The van der Waals surface area contributed by atoms with Crippen molar-refractivity contribution in [2.75, 3.05) is 18.0 Å². The van der Waals surface area contributed by atoms with Gasteiger partial charge >= 0.3 is 0 Å². The minimum absolute atomic E-state index is 0.594. The highest BCUT2D eigenvalue weighted by Crippen LogP contribution is 2.22. The standard InChI is InChI=1S/C19H26N2/c1-4-21(5-2)19-11-10-17(18(13-19)14-20)12-16-8-6-15(3)7-9-16/h6-11,13H,4-5,12,14,20H2,1-3H3. The molecular weight excluding hydrogens is 256 g/mol. The van der Waals surface area contributed by atoms with Crippen LogP contribution in [-0.4, -0.2) is 13.1 Å². The molecule has 112 valence electrons. The molecule has 0 atom stereocenters. The summed E-state index contributed by atoms with van der Waals surface area (Å²) in [5.74, 6) is 0. The maximum atomic E-state index is 5.96. The molecule has 0 aliphatic heterocycles. The molecule has 0 saturated carbocycles. The van der Waals surface area contributed by atoms with E-state index in [4.69, 9.17) is 5.73 Å². The van der Waals surface area contributed by atoms with Crippen LogP contribution >= 0.6 is 0 Å². The summed E-state index contributed by atoms with van der Waals surface area (Å²) in [6.07, 6.45) is 0.950. The monoisotopic (exact) mass is 282 g/mol. The largest absolute Gasteiger partial charge is 0.372 e. The first-order valence-corrected chi connectivity index (χ1v) is 7.80. The summed E-state index contributed by atoms with van der Waals surface area (Å²) in [6.45, 7) is 9.14. The van der Waals surface area contributed by atoms with Crippen LogP contribution in [0, 0.1) is 6.92 Å². The molecule has 2 aromatic carbocycles. The summed E-state index contributed by atoms with van der Waals surface area (Å²) in [5, 5.41) is 0. The van der Waals surface area contributed by atoms with Gasteiger partial charge in [0.2, 0.25) is 0 Å². The topological polar surface area (TPSA) is 29.3 Å². The van der Waals surface area contributed by atoms with E-state index in [1.54, 1.807) is 0 Å². The Balaban J connectivity index is 2.25. The molecule has 0 saturated heterocycles. The van der Waals surface area contributed by atoms with Crippen LogP contribution in [0.3, 0.4) is 0 Å². The van der Waals surface area contributed by atoms with Crippen LogP contribution in [0.15, 0.2) is 42.5 Å². The highest BCUT2D eigenvalue weighted by atomic mass is 15.1. The summed E-state index contributed by atoms with van der Waals surface area (Å²) in [5.41, 5.74) is 12.5. The second-order valence-corrected chi connectivity index (χ2v) is 5.49. The Bertz CT molecular complexity index is 569. The van der Waals surface area contributed by atoms with E-state index >= 15 is 0 Å². The lowest BCUT2D eigenvalue weighted by Crippen LogP contribution is -2.22. The second kappa shape index (κ2) is 7.28. The van der Waals surface area contributed by atoms with Crippen molar-refractivity contribution in [2.24, 2.45) is 5.73 Å². The summed E-state index contributed by atoms with van der Waals surface area (Å²) in [7, 11) is 0. The van der Waals surface area contributed by atoms with E-state index in [0.29, 0.717) is 6.54 Å². The lowest BCUT2D eigenvalue weighted by molar-refractivity contribution is 0.862. The van der Waals surface area contributed by atoms with E-state index in [1.807, 2.05) is 0 Å². The fourth-order valence-corrected chi connectivity index (χ4v) is 2.69. The van der Waals surface area contributed by atoms with Crippen LogP contribution in [-0.2, 0) is 13.0 Å². The van der Waals surface area contributed by atoms with Gasteiger partial charge in [-0.05, 0) is 56.0 Å². The molecule has 0 aliphatic rings. The SMILES string of the molecule is CCN(CC)c1ccc(Cc2ccc(C)cc2)c(CN)c1. The first-order valence-electron chi connectivity index (χ1n) is 7.80. The third-order valence-electron chi connectivity index (χ3n) is 4.05. The Hall–Kier alpha value is -1.80. The third-order valence-corrected chi connectivity index (χ3v) is 4.05. The Morgan fingerprint density at radius 2 is 1.57 bits per heavy atom. The van der Waals surface area contributed by atoms with Crippen molar-refractivity contribution < 1.29 is 0 Å². The maximum Gasteiger partial charge on any atom is 0.0369 e. The molecular formula is C19H26N2. The minimum Gasteiger partial charge on any atom is -0.372 e. The van der Waals surface area contributed by atoms with E-state index < -0.39 is 0 Å². The molecule has 0 spiro atoms. The number of nitrogens with zero attached hydrogens (tertiary/aromatic N) is 1. The van der Waals surface area contributed by atoms with Crippen LogP contribution in [0.2, 0.25) is 0 Å². The number of hydrogen-bond donors (Lipinski definition) is 1. The normalized spacial score (nSPS) is 10.7. The van der Waals surface area contributed by atoms with Crippen LogP contribution in [0.4, 0.5) is 5.69 Å². The zero-order chi connectivity index (χ0) is 15.2. The molecule has 2 N–H and O–H groups in total. The smallest absolute Gasteiger partial charge is 0.0369 e. The Labute approximate surface area is 128 Å². The molecule has 2 nitrogen and oxygen atoms in total. The van der Waals surface area contributed by atoms with Gasteiger partial charge in [0.05, 0.1) is 0 Å². The minimum atomic E-state index is 0.594. The number of aryl methyl sites for hydroxylation is 1. The number of anilines is 1. The lowest BCUT2D eigenvalue weighted by atomic mass is 9.98. The first-order chi connectivity index (χ1) is 10.2. The summed E-state index contributed by atoms with van der Waals surface area (Å²) in [4.78, 5) is 2.36. The van der Waals surface area contributed by atoms with Gasteiger partial charge in [-0.2, -0.15) is 0 Å². The van der Waals surface area contributed by atoms with Gasteiger partial charge in [0.15, 0.2) is 0 Å². The molecule has 0 amide bonds. The average molecular weight is 282 g/mol. The van der Waals surface area contributed by atoms with Gasteiger partial charge in [0, 0.05) is 25.3 Å². The van der Waals surface area contributed by atoms with E-state index in [1.165, 1.54) is 27.9 Å². The summed E-state index contributed by atoms with van der Waals surface area (Å²) >= 11 is 0. The molecule has 0 bridgehead atoms. The quantitative estimate of drug-likeness (QED) is 0.871. The van der Waals surface area contributed by atoms with Gasteiger partial charge in [0.25, 0.3) is 0 Å². The maximum absolute atomic E-state index is 5.96. The first kappa shape index (κ1) is 15.6. The predicted molar refractivity (Wildman–Crippen MR) is 91.9 cm³/mol. The van der Waals surface area contributed by atoms with Crippen molar-refractivity contribution >= 4 is 5.69 Å². The molecule has 0 fully saturated rings. The molecule has 2 heteroatoms. The van der Waals surface area contributed by atoms with Crippen molar-refractivity contribution in [1.29, 1.82) is 0 Å². The highest BCUT2D eigenvalue weighted by molar-refractivity contribution is 5.51. The molecule has 0 unspecified atom stereocenters.